The number of aromatic nitrogens is 4. The van der Waals surface area contributed by atoms with E-state index in [4.69, 9.17) is 5.73 Å². The van der Waals surface area contributed by atoms with Gasteiger partial charge in [0.25, 0.3) is 5.95 Å². The Labute approximate surface area is 149 Å². The summed E-state index contributed by atoms with van der Waals surface area (Å²) in [6, 6.07) is 1.48. The first-order valence-electron chi connectivity index (χ1n) is 7.78. The molecule has 0 radical (unpaired) electrons. The first-order valence-corrected chi connectivity index (χ1v) is 7.78. The summed E-state index contributed by atoms with van der Waals surface area (Å²) in [5.41, 5.74) is 4.52. The number of alkyl halides is 6. The van der Waals surface area contributed by atoms with Crippen LogP contribution in [0.2, 0.25) is 0 Å². The van der Waals surface area contributed by atoms with Crippen molar-refractivity contribution in [3.63, 3.8) is 0 Å². The minimum atomic E-state index is -4.80. The van der Waals surface area contributed by atoms with Crippen LogP contribution in [-0.4, -0.2) is 50.5 Å². The summed E-state index contributed by atoms with van der Waals surface area (Å²) in [5.74, 6) is -0.453. The van der Waals surface area contributed by atoms with Gasteiger partial charge >= 0.3 is 12.4 Å². The second-order valence-electron chi connectivity index (χ2n) is 5.90. The Morgan fingerprint density at radius 2 is 1.74 bits per heavy atom. The Kier molecular flexibility index (Phi) is 4.84. The Balaban J connectivity index is 1.99. The van der Waals surface area contributed by atoms with Crippen molar-refractivity contribution in [3.8, 4) is 5.95 Å². The van der Waals surface area contributed by atoms with Crippen molar-refractivity contribution >= 4 is 11.4 Å². The van der Waals surface area contributed by atoms with E-state index in [9.17, 15) is 26.3 Å². The van der Waals surface area contributed by atoms with Crippen LogP contribution >= 0.6 is 0 Å². The number of rotatable bonds is 3. The molecular weight excluding hydrogens is 378 g/mol. The lowest BCUT2D eigenvalue weighted by molar-refractivity contribution is -0.144. The molecule has 6 nitrogen and oxygen atoms in total. The first-order chi connectivity index (χ1) is 12.6. The lowest BCUT2D eigenvalue weighted by Crippen LogP contribution is -2.37. The average molecular weight is 392 g/mol. The largest absolute Gasteiger partial charge is 0.435 e. The van der Waals surface area contributed by atoms with Crippen molar-refractivity contribution in [2.45, 2.75) is 18.8 Å². The third kappa shape index (κ3) is 4.21. The van der Waals surface area contributed by atoms with Crippen LogP contribution in [0.3, 0.4) is 0 Å². The summed E-state index contributed by atoms with van der Waals surface area (Å²) in [6.45, 7) is -1.32. The fraction of sp³-hybridized carbons (Fsp3) is 0.400. The highest BCUT2D eigenvalue weighted by molar-refractivity contribution is 5.77. The van der Waals surface area contributed by atoms with Crippen LogP contribution in [0.15, 0.2) is 24.5 Å². The maximum absolute atomic E-state index is 13.5. The molecule has 3 rings (SSSR count). The van der Waals surface area contributed by atoms with Crippen LogP contribution < -0.4 is 5.73 Å². The van der Waals surface area contributed by atoms with E-state index in [0.29, 0.717) is 0 Å². The number of nitrogens with two attached hydrogens (primary N) is 1. The summed E-state index contributed by atoms with van der Waals surface area (Å²) in [4.78, 5) is 8.76. The van der Waals surface area contributed by atoms with Gasteiger partial charge in [-0.05, 0) is 18.1 Å². The van der Waals surface area contributed by atoms with Gasteiger partial charge in [0.2, 0.25) is 0 Å². The molecule has 0 aromatic carbocycles. The predicted octanol–water partition coefficient (Wildman–Crippen LogP) is 2.91. The van der Waals surface area contributed by atoms with Crippen LogP contribution in [0.25, 0.3) is 11.5 Å². The second kappa shape index (κ2) is 6.83. The molecule has 0 aliphatic carbocycles. The van der Waals surface area contributed by atoms with E-state index in [-0.39, 0.29) is 42.4 Å². The maximum Gasteiger partial charge on any atom is 0.435 e. The van der Waals surface area contributed by atoms with E-state index >= 15 is 0 Å². The molecule has 1 aliphatic rings. The van der Waals surface area contributed by atoms with Crippen molar-refractivity contribution in [1.82, 2.24) is 24.6 Å². The van der Waals surface area contributed by atoms with E-state index in [1.165, 1.54) is 24.5 Å². The predicted molar refractivity (Wildman–Crippen MR) is 83.7 cm³/mol. The molecule has 0 spiro atoms. The number of anilines is 1. The summed E-state index contributed by atoms with van der Waals surface area (Å²) in [6.07, 6.45) is -5.24. The standard InChI is InChI=1S/C15H14F6N6/c16-14(17,18)8-26-6-2-9(3-7-26)10-11(15(19,20)21)25-27(12(10)22)13-23-4-1-5-24-13/h1-2,4-5H,3,6-8,22H2. The van der Waals surface area contributed by atoms with Gasteiger partial charge in [-0.1, -0.05) is 6.08 Å². The van der Waals surface area contributed by atoms with Gasteiger partial charge in [-0.2, -0.15) is 36.1 Å². The van der Waals surface area contributed by atoms with Gasteiger partial charge in [-0.25, -0.2) is 9.97 Å². The Hall–Kier alpha value is -2.63. The summed E-state index contributed by atoms with van der Waals surface area (Å²) >= 11 is 0. The maximum atomic E-state index is 13.5. The fourth-order valence-corrected chi connectivity index (χ4v) is 2.83. The molecule has 2 aromatic rings. The van der Waals surface area contributed by atoms with Crippen LogP contribution in [0.5, 0.6) is 0 Å². The van der Waals surface area contributed by atoms with Gasteiger partial charge in [0, 0.05) is 25.5 Å². The van der Waals surface area contributed by atoms with Gasteiger partial charge in [0.15, 0.2) is 5.69 Å². The van der Waals surface area contributed by atoms with Gasteiger partial charge in [-0.15, -0.1) is 0 Å². The lowest BCUT2D eigenvalue weighted by Gasteiger charge is -2.27. The number of hydrogen-bond acceptors (Lipinski definition) is 5. The third-order valence-corrected chi connectivity index (χ3v) is 3.95. The van der Waals surface area contributed by atoms with Crippen molar-refractivity contribution in [3.05, 3.63) is 35.8 Å². The number of hydrogen-bond donors (Lipinski definition) is 1. The highest BCUT2D eigenvalue weighted by atomic mass is 19.4. The zero-order valence-electron chi connectivity index (χ0n) is 13.7. The normalized spacial score (nSPS) is 16.4. The molecular formula is C15H14F6N6. The molecule has 1 aliphatic heterocycles. The van der Waals surface area contributed by atoms with Gasteiger partial charge in [0.05, 0.1) is 12.1 Å². The SMILES string of the molecule is Nc1c(C2=CCN(CC(F)(F)F)CC2)c(C(F)(F)F)nn1-c1ncccn1. The van der Waals surface area contributed by atoms with E-state index in [1.807, 2.05) is 0 Å². The van der Waals surface area contributed by atoms with Gasteiger partial charge in [0.1, 0.15) is 5.82 Å². The molecule has 2 aromatic heterocycles. The summed E-state index contributed by atoms with van der Waals surface area (Å²) in [5, 5.41) is 3.51. The summed E-state index contributed by atoms with van der Waals surface area (Å²) in [7, 11) is 0. The molecule has 0 saturated heterocycles. The fourth-order valence-electron chi connectivity index (χ4n) is 2.83. The van der Waals surface area contributed by atoms with Gasteiger partial charge < -0.3 is 5.73 Å². The van der Waals surface area contributed by atoms with E-state index in [0.717, 1.165) is 9.58 Å². The molecule has 0 atom stereocenters. The average Bonchev–Trinajstić information content (AvgIpc) is 2.93. The minimum Gasteiger partial charge on any atom is -0.383 e. The summed E-state index contributed by atoms with van der Waals surface area (Å²) < 4.78 is 78.6. The molecule has 0 amide bonds. The number of nitrogen functional groups attached to an aromatic ring is 1. The molecule has 0 unspecified atom stereocenters. The zero-order valence-corrected chi connectivity index (χ0v) is 13.7. The van der Waals surface area contributed by atoms with Crippen molar-refractivity contribution < 1.29 is 26.3 Å². The number of halogens is 6. The quantitative estimate of drug-likeness (QED) is 0.814. The highest BCUT2D eigenvalue weighted by Gasteiger charge is 2.41. The second-order valence-corrected chi connectivity index (χ2v) is 5.90. The zero-order chi connectivity index (χ0) is 19.8. The molecule has 146 valence electrons. The van der Waals surface area contributed by atoms with Crippen LogP contribution in [0.4, 0.5) is 32.2 Å². The molecule has 3 heterocycles. The van der Waals surface area contributed by atoms with Crippen LogP contribution in [-0.2, 0) is 6.18 Å². The Bertz CT molecular complexity index is 839. The van der Waals surface area contributed by atoms with Gasteiger partial charge in [-0.3, -0.25) is 4.90 Å². The smallest absolute Gasteiger partial charge is 0.383 e. The molecule has 27 heavy (non-hydrogen) atoms. The van der Waals surface area contributed by atoms with Crippen molar-refractivity contribution in [2.24, 2.45) is 0 Å². The monoisotopic (exact) mass is 392 g/mol. The Morgan fingerprint density at radius 3 is 2.26 bits per heavy atom. The van der Waals surface area contributed by atoms with E-state index in [1.54, 1.807) is 0 Å². The topological polar surface area (TPSA) is 72.9 Å². The molecule has 0 bridgehead atoms. The number of nitrogens with zero attached hydrogens (tertiary/aromatic N) is 5. The van der Waals surface area contributed by atoms with E-state index < -0.39 is 24.6 Å². The lowest BCUT2D eigenvalue weighted by atomic mass is 9.98. The molecule has 0 saturated carbocycles. The minimum absolute atomic E-state index is 0.0231. The third-order valence-electron chi connectivity index (χ3n) is 3.95. The molecule has 12 heteroatoms. The van der Waals surface area contributed by atoms with Crippen LogP contribution in [0.1, 0.15) is 17.7 Å². The molecule has 2 N–H and O–H groups in total. The highest BCUT2D eigenvalue weighted by Crippen LogP contribution is 2.39. The van der Waals surface area contributed by atoms with Crippen molar-refractivity contribution in [2.75, 3.05) is 25.4 Å². The Morgan fingerprint density at radius 1 is 1.07 bits per heavy atom. The first kappa shape index (κ1) is 19.1. The van der Waals surface area contributed by atoms with E-state index in [2.05, 4.69) is 15.1 Å². The van der Waals surface area contributed by atoms with Crippen molar-refractivity contribution in [1.29, 1.82) is 0 Å². The molecule has 0 fully saturated rings. The van der Waals surface area contributed by atoms with Crippen LogP contribution in [0, 0.1) is 0 Å².